The molecule has 0 aliphatic carbocycles. The Kier molecular flexibility index (Phi) is 67.4. The second-order valence-corrected chi connectivity index (χ2v) is 21.4. The molecule has 0 fully saturated rings. The molecular weight excluding hydrogens is 976 g/mol. The van der Waals surface area contributed by atoms with Crippen LogP contribution >= 0.6 is 0 Å². The van der Waals surface area contributed by atoms with Crippen LogP contribution in [0.3, 0.4) is 0 Å². The maximum atomic E-state index is 11.4. The Balaban J connectivity index is -0.000000508. The van der Waals surface area contributed by atoms with Crippen molar-refractivity contribution in [3.63, 3.8) is 0 Å². The molecule has 0 N–H and O–H groups in total. The van der Waals surface area contributed by atoms with Gasteiger partial charge in [0.15, 0.2) is 17.3 Å². The van der Waals surface area contributed by atoms with Crippen LogP contribution in [0.2, 0.25) is 0 Å². The molecule has 0 unspecified atom stereocenters. The minimum atomic E-state index is -1.76. The molecule has 438 valence electrons. The van der Waals surface area contributed by atoms with Crippen molar-refractivity contribution in [2.24, 2.45) is 0 Å². The van der Waals surface area contributed by atoms with Gasteiger partial charge in [-0.15, -0.1) is 0 Å². The Labute approximate surface area is 474 Å². The van der Waals surface area contributed by atoms with Crippen LogP contribution in [0.5, 0.6) is 0 Å². The maximum Gasteiger partial charge on any atom is 3.00 e. The fraction of sp³-hybridized carbons (Fsp3) is 0.857. The number of carbonyl (C=O) groups excluding carboxylic acids is 9. The van der Waals surface area contributed by atoms with Gasteiger partial charge in [-0.2, -0.15) is 0 Å². The molecule has 0 saturated carbocycles. The van der Waals surface area contributed by atoms with Gasteiger partial charge in [0.05, 0.1) is 19.3 Å². The SMILES string of the molecule is CCCCCCCCCCCCCCCCCC(=O)CC(=O)C(=O)[O-].CCCCCCCCCCCCCCCCCC(=O)CC(=O)C(=O)[O-].CCCCCCCCCCCCCCCCCC(=O)CC(=O)C(=O)[O-].[Al+3]. The van der Waals surface area contributed by atoms with E-state index in [1.807, 2.05) is 0 Å². The van der Waals surface area contributed by atoms with Gasteiger partial charge in [-0.25, -0.2) is 0 Å². The minimum Gasteiger partial charge on any atom is -0.542 e. The zero-order chi connectivity index (χ0) is 56.3. The van der Waals surface area contributed by atoms with E-state index in [4.69, 9.17) is 0 Å². The van der Waals surface area contributed by atoms with Crippen molar-refractivity contribution in [1.29, 1.82) is 0 Å². The first-order chi connectivity index (χ1) is 36.2. The van der Waals surface area contributed by atoms with Crippen LogP contribution < -0.4 is 15.3 Å². The van der Waals surface area contributed by atoms with Crippen molar-refractivity contribution >= 4 is 70.0 Å². The second kappa shape index (κ2) is 64.5. The van der Waals surface area contributed by atoms with Gasteiger partial charge in [-0.1, -0.05) is 290 Å². The Morgan fingerprint density at radius 3 is 0.447 bits per heavy atom. The summed E-state index contributed by atoms with van der Waals surface area (Å²) in [7, 11) is 0. The molecule has 0 aromatic rings. The van der Waals surface area contributed by atoms with Gasteiger partial charge in [0, 0.05) is 19.3 Å². The van der Waals surface area contributed by atoms with Crippen molar-refractivity contribution in [1.82, 2.24) is 0 Å². The van der Waals surface area contributed by atoms with E-state index in [-0.39, 0.29) is 34.7 Å². The van der Waals surface area contributed by atoms with E-state index in [1.165, 1.54) is 231 Å². The second-order valence-electron chi connectivity index (χ2n) is 21.4. The molecule has 0 amide bonds. The summed E-state index contributed by atoms with van der Waals surface area (Å²) >= 11 is 0. The fourth-order valence-corrected chi connectivity index (χ4v) is 9.10. The molecular formula is C63H111AlO12. The van der Waals surface area contributed by atoms with Gasteiger partial charge in [0.2, 0.25) is 0 Å². The predicted molar refractivity (Wildman–Crippen MR) is 303 cm³/mol. The molecule has 0 aromatic heterocycles. The van der Waals surface area contributed by atoms with E-state index >= 15 is 0 Å². The number of unbranched alkanes of at least 4 members (excludes halogenated alkanes) is 42. The quantitative estimate of drug-likeness (QED) is 0.0240. The van der Waals surface area contributed by atoms with Crippen molar-refractivity contribution in [2.75, 3.05) is 0 Å². The standard InChI is InChI=1S/3C21H38O4.Al/c3*1-2-3-4-5-6-7-8-9-10-11-12-13-14-15-16-17-19(22)18-20(23)21(24)25;/h3*2-18H2,1H3,(H,24,25);/q;;;+3/p-3. The van der Waals surface area contributed by atoms with E-state index in [2.05, 4.69) is 20.8 Å². The summed E-state index contributed by atoms with van der Waals surface area (Å²) in [5.74, 6) is -9.46. The summed E-state index contributed by atoms with van der Waals surface area (Å²) < 4.78 is 0. The van der Waals surface area contributed by atoms with E-state index < -0.39 is 54.5 Å². The normalized spacial score (nSPS) is 10.6. The average molecular weight is 1090 g/mol. The molecule has 0 rings (SSSR count). The molecule has 0 radical (unpaired) electrons. The Hall–Kier alpha value is -3.04. The van der Waals surface area contributed by atoms with Crippen LogP contribution in [-0.2, 0) is 43.2 Å². The summed E-state index contributed by atoms with van der Waals surface area (Å²) in [4.78, 5) is 97.3. The van der Waals surface area contributed by atoms with Crippen molar-refractivity contribution in [3.8, 4) is 0 Å². The number of carboxylic acid groups (broad SMARTS) is 3. The van der Waals surface area contributed by atoms with Crippen LogP contribution in [0.4, 0.5) is 0 Å². The van der Waals surface area contributed by atoms with E-state index in [0.29, 0.717) is 19.3 Å². The van der Waals surface area contributed by atoms with Gasteiger partial charge in [-0.3, -0.25) is 28.8 Å². The average Bonchev–Trinajstić information content (AvgIpc) is 3.37. The van der Waals surface area contributed by atoms with Crippen LogP contribution in [0, 0.1) is 0 Å². The van der Waals surface area contributed by atoms with Crippen molar-refractivity contribution in [2.45, 2.75) is 348 Å². The smallest absolute Gasteiger partial charge is 0.542 e. The molecule has 13 heteroatoms. The summed E-state index contributed by atoms with van der Waals surface area (Å²) in [6.07, 6.45) is 56.2. The zero-order valence-corrected chi connectivity index (χ0v) is 50.2. The predicted octanol–water partition coefficient (Wildman–Crippen LogP) is 13.2. The van der Waals surface area contributed by atoms with Crippen LogP contribution in [-0.4, -0.2) is 70.0 Å². The third kappa shape index (κ3) is 67.1. The molecule has 0 bridgehead atoms. The number of carbonyl (C=O) groups is 9. The first-order valence-electron chi connectivity index (χ1n) is 31.0. The number of ketones is 6. The first kappa shape index (κ1) is 79.4. The molecule has 0 aromatic carbocycles. The largest absolute Gasteiger partial charge is 3.00 e. The Morgan fingerprint density at radius 1 is 0.211 bits per heavy atom. The molecule has 0 spiro atoms. The van der Waals surface area contributed by atoms with Gasteiger partial charge < -0.3 is 29.7 Å². The molecule has 0 saturated heterocycles. The van der Waals surface area contributed by atoms with Crippen LogP contribution in [0.25, 0.3) is 0 Å². The van der Waals surface area contributed by atoms with Gasteiger partial charge >= 0.3 is 17.4 Å². The fourth-order valence-electron chi connectivity index (χ4n) is 9.10. The van der Waals surface area contributed by atoms with Crippen LogP contribution in [0.1, 0.15) is 348 Å². The van der Waals surface area contributed by atoms with E-state index in [1.54, 1.807) is 0 Å². The third-order valence-electron chi connectivity index (χ3n) is 13.9. The van der Waals surface area contributed by atoms with E-state index in [0.717, 1.165) is 57.8 Å². The summed E-state index contributed by atoms with van der Waals surface area (Å²) in [6.45, 7) is 6.76. The summed E-state index contributed by atoms with van der Waals surface area (Å²) in [5, 5.41) is 30.7. The number of hydrogen-bond acceptors (Lipinski definition) is 12. The van der Waals surface area contributed by atoms with Crippen molar-refractivity contribution < 1.29 is 58.5 Å². The topological polar surface area (TPSA) is 223 Å². The van der Waals surface area contributed by atoms with Gasteiger partial charge in [0.25, 0.3) is 0 Å². The number of aliphatic carboxylic acids is 3. The van der Waals surface area contributed by atoms with E-state index in [9.17, 15) is 58.5 Å². The number of carboxylic acids is 3. The molecule has 0 atom stereocenters. The third-order valence-corrected chi connectivity index (χ3v) is 13.9. The molecule has 12 nitrogen and oxygen atoms in total. The number of rotatable bonds is 57. The zero-order valence-electron chi connectivity index (χ0n) is 49.0. The first-order valence-corrected chi connectivity index (χ1v) is 31.0. The summed E-state index contributed by atoms with van der Waals surface area (Å²) in [5.41, 5.74) is 0. The molecule has 76 heavy (non-hydrogen) atoms. The maximum absolute atomic E-state index is 11.4. The van der Waals surface area contributed by atoms with Crippen LogP contribution in [0.15, 0.2) is 0 Å². The Morgan fingerprint density at radius 2 is 0.329 bits per heavy atom. The number of hydrogen-bond donors (Lipinski definition) is 0. The number of Topliss-reactive ketones (excluding diaryl/α,β-unsaturated/α-hetero) is 6. The van der Waals surface area contributed by atoms with Gasteiger partial charge in [0.1, 0.15) is 35.3 Å². The molecule has 0 aliphatic heterocycles. The molecule has 0 aliphatic rings. The monoisotopic (exact) mass is 1090 g/mol. The minimum absolute atomic E-state index is 0. The van der Waals surface area contributed by atoms with Gasteiger partial charge in [-0.05, 0) is 19.3 Å². The van der Waals surface area contributed by atoms with Crippen molar-refractivity contribution in [3.05, 3.63) is 0 Å². The Bertz CT molecular complexity index is 1260. The summed E-state index contributed by atoms with van der Waals surface area (Å²) in [6, 6.07) is 0. The molecule has 0 heterocycles.